The number of urea groups is 1. The van der Waals surface area contributed by atoms with Gasteiger partial charge in [-0.05, 0) is 37.5 Å². The van der Waals surface area contributed by atoms with Crippen LogP contribution in [0.25, 0.3) is 11.0 Å². The first-order chi connectivity index (χ1) is 13.0. The molecule has 8 heteroatoms. The molecule has 0 bridgehead atoms. The highest BCUT2D eigenvalue weighted by molar-refractivity contribution is 5.77. The van der Waals surface area contributed by atoms with Crippen molar-refractivity contribution in [2.24, 2.45) is 7.05 Å². The number of benzene rings is 1. The second kappa shape index (κ2) is 6.75. The van der Waals surface area contributed by atoms with Crippen molar-refractivity contribution in [1.29, 1.82) is 0 Å². The topological polar surface area (TPSA) is 88.5 Å². The fraction of sp³-hybridized carbons (Fsp3) is 0.526. The van der Waals surface area contributed by atoms with Gasteiger partial charge in [-0.3, -0.25) is 0 Å². The summed E-state index contributed by atoms with van der Waals surface area (Å²) >= 11 is 0. The summed E-state index contributed by atoms with van der Waals surface area (Å²) in [4.78, 5) is 30.3. The Morgan fingerprint density at radius 3 is 3.00 bits per heavy atom. The van der Waals surface area contributed by atoms with Gasteiger partial charge in [-0.1, -0.05) is 6.07 Å². The maximum atomic E-state index is 12.6. The first kappa shape index (κ1) is 17.6. The van der Waals surface area contributed by atoms with Gasteiger partial charge >= 0.3 is 12.1 Å². The highest BCUT2D eigenvalue weighted by Crippen LogP contribution is 2.29. The molecule has 1 spiro atoms. The quantitative estimate of drug-likeness (QED) is 0.846. The van der Waals surface area contributed by atoms with E-state index >= 15 is 0 Å². The lowest BCUT2D eigenvalue weighted by molar-refractivity contribution is 0.0453. The number of carbonyl (C=O) groups is 2. The number of amides is 3. The van der Waals surface area contributed by atoms with Crippen molar-refractivity contribution >= 4 is 23.2 Å². The lowest BCUT2D eigenvalue weighted by Crippen LogP contribution is -2.41. The Hall–Kier alpha value is -2.77. The molecule has 0 unspecified atom stereocenters. The third-order valence-electron chi connectivity index (χ3n) is 5.66. The number of imidazole rings is 1. The molecule has 3 heterocycles. The van der Waals surface area contributed by atoms with Gasteiger partial charge in [-0.15, -0.1) is 0 Å². The largest absolute Gasteiger partial charge is 0.441 e. The molecule has 2 fully saturated rings. The highest BCUT2D eigenvalue weighted by Gasteiger charge is 2.41. The van der Waals surface area contributed by atoms with E-state index < -0.39 is 5.60 Å². The third kappa shape index (κ3) is 3.43. The van der Waals surface area contributed by atoms with Crippen molar-refractivity contribution in [3.63, 3.8) is 0 Å². The van der Waals surface area contributed by atoms with Crippen molar-refractivity contribution in [3.05, 3.63) is 29.6 Å². The molecule has 1 atom stereocenters. The number of rotatable bonds is 2. The van der Waals surface area contributed by atoms with Crippen LogP contribution in [0, 0.1) is 6.92 Å². The number of hydrogen-bond acceptors (Lipinski definition) is 4. The Kier molecular flexibility index (Phi) is 4.41. The molecule has 0 saturated carbocycles. The molecular formula is C19H25N5O3. The van der Waals surface area contributed by atoms with E-state index in [0.717, 1.165) is 35.3 Å². The zero-order valence-electron chi connectivity index (χ0n) is 15.7. The van der Waals surface area contributed by atoms with E-state index in [1.54, 1.807) is 0 Å². The minimum absolute atomic E-state index is 0.0818. The third-order valence-corrected chi connectivity index (χ3v) is 5.66. The molecule has 3 amide bonds. The lowest BCUT2D eigenvalue weighted by atomic mass is 9.95. The SMILES string of the molecule is Cc1nc2cc(CNC(=O)N3CCC[C@@]4(CC3)CNC(=O)O4)ccc2n1C. The summed E-state index contributed by atoms with van der Waals surface area (Å²) in [5.74, 6) is 0.965. The number of ether oxygens (including phenoxy) is 1. The van der Waals surface area contributed by atoms with Crippen LogP contribution < -0.4 is 10.6 Å². The van der Waals surface area contributed by atoms with Gasteiger partial charge in [0.2, 0.25) is 0 Å². The van der Waals surface area contributed by atoms with Crippen LogP contribution in [0.5, 0.6) is 0 Å². The van der Waals surface area contributed by atoms with Gasteiger partial charge in [0.1, 0.15) is 11.4 Å². The van der Waals surface area contributed by atoms with Crippen LogP contribution in [0.4, 0.5) is 9.59 Å². The monoisotopic (exact) mass is 371 g/mol. The fourth-order valence-electron chi connectivity index (χ4n) is 3.92. The maximum absolute atomic E-state index is 12.6. The Morgan fingerprint density at radius 2 is 2.22 bits per heavy atom. The summed E-state index contributed by atoms with van der Waals surface area (Å²) in [5, 5.41) is 5.73. The van der Waals surface area contributed by atoms with E-state index in [2.05, 4.69) is 20.2 Å². The highest BCUT2D eigenvalue weighted by atomic mass is 16.6. The van der Waals surface area contributed by atoms with E-state index in [1.807, 2.05) is 37.1 Å². The van der Waals surface area contributed by atoms with Crippen molar-refractivity contribution in [3.8, 4) is 0 Å². The Morgan fingerprint density at radius 1 is 1.37 bits per heavy atom. The normalized spacial score (nSPS) is 22.6. The molecule has 1 aromatic heterocycles. The molecule has 2 aromatic rings. The van der Waals surface area contributed by atoms with E-state index in [4.69, 9.17) is 4.74 Å². The van der Waals surface area contributed by atoms with Crippen LogP contribution in [0.15, 0.2) is 18.2 Å². The average molecular weight is 371 g/mol. The first-order valence-corrected chi connectivity index (χ1v) is 9.37. The number of likely N-dealkylation sites (tertiary alicyclic amines) is 1. The molecular weight excluding hydrogens is 346 g/mol. The van der Waals surface area contributed by atoms with Gasteiger partial charge < -0.3 is 24.8 Å². The van der Waals surface area contributed by atoms with Crippen LogP contribution in [0.1, 0.15) is 30.7 Å². The Balaban J connectivity index is 1.36. The number of carbonyl (C=O) groups excluding carboxylic acids is 2. The minimum atomic E-state index is -0.450. The first-order valence-electron chi connectivity index (χ1n) is 9.37. The molecule has 4 rings (SSSR count). The summed E-state index contributed by atoms with van der Waals surface area (Å²) in [6, 6.07) is 5.99. The summed E-state index contributed by atoms with van der Waals surface area (Å²) in [6.45, 7) is 4.22. The predicted octanol–water partition coefficient (Wildman–Crippen LogP) is 2.06. The number of aryl methyl sites for hydroxylation is 2. The van der Waals surface area contributed by atoms with Gasteiger partial charge in [0.15, 0.2) is 0 Å². The standard InChI is InChI=1S/C19H25N5O3/c1-13-22-15-10-14(4-5-16(15)23(13)2)11-20-17(25)24-8-3-6-19(7-9-24)12-21-18(26)27-19/h4-5,10H,3,6-9,11-12H2,1-2H3,(H,20,25)(H,21,26)/t19-/m1/s1. The Bertz CT molecular complexity index is 893. The zero-order chi connectivity index (χ0) is 19.0. The number of alkyl carbamates (subject to hydrolysis) is 1. The maximum Gasteiger partial charge on any atom is 0.407 e. The number of hydrogen-bond donors (Lipinski definition) is 2. The lowest BCUT2D eigenvalue weighted by Gasteiger charge is -2.25. The second-order valence-electron chi connectivity index (χ2n) is 7.47. The van der Waals surface area contributed by atoms with Crippen LogP contribution >= 0.6 is 0 Å². The number of nitrogens with zero attached hydrogens (tertiary/aromatic N) is 3. The van der Waals surface area contributed by atoms with Crippen molar-refractivity contribution in [2.45, 2.75) is 38.3 Å². The van der Waals surface area contributed by atoms with Gasteiger partial charge in [-0.2, -0.15) is 0 Å². The molecule has 144 valence electrons. The fourth-order valence-corrected chi connectivity index (χ4v) is 3.92. The van der Waals surface area contributed by atoms with E-state index in [0.29, 0.717) is 32.6 Å². The van der Waals surface area contributed by atoms with E-state index in [-0.39, 0.29) is 12.1 Å². The molecule has 2 aliphatic rings. The van der Waals surface area contributed by atoms with Gasteiger partial charge in [0.25, 0.3) is 0 Å². The Labute approximate surface area is 157 Å². The molecule has 27 heavy (non-hydrogen) atoms. The molecule has 2 N–H and O–H groups in total. The molecule has 0 aliphatic carbocycles. The molecule has 1 aromatic carbocycles. The van der Waals surface area contributed by atoms with Crippen LogP contribution in [-0.2, 0) is 18.3 Å². The molecule has 8 nitrogen and oxygen atoms in total. The number of fused-ring (bicyclic) bond motifs is 1. The van der Waals surface area contributed by atoms with Crippen molar-refractivity contribution < 1.29 is 14.3 Å². The predicted molar refractivity (Wildman–Crippen MR) is 100 cm³/mol. The average Bonchev–Trinajstić information content (AvgIpc) is 3.06. The van der Waals surface area contributed by atoms with E-state index in [9.17, 15) is 9.59 Å². The van der Waals surface area contributed by atoms with Crippen LogP contribution in [0.2, 0.25) is 0 Å². The number of nitrogens with one attached hydrogen (secondary N) is 2. The summed E-state index contributed by atoms with van der Waals surface area (Å²) in [5.41, 5.74) is 2.59. The summed E-state index contributed by atoms with van der Waals surface area (Å²) < 4.78 is 7.51. The van der Waals surface area contributed by atoms with Crippen LogP contribution in [-0.4, -0.2) is 51.8 Å². The van der Waals surface area contributed by atoms with Crippen molar-refractivity contribution in [1.82, 2.24) is 25.1 Å². The summed E-state index contributed by atoms with van der Waals surface area (Å²) in [6.07, 6.45) is 1.92. The summed E-state index contributed by atoms with van der Waals surface area (Å²) in [7, 11) is 2.00. The minimum Gasteiger partial charge on any atom is -0.441 e. The van der Waals surface area contributed by atoms with Gasteiger partial charge in [0, 0.05) is 33.1 Å². The second-order valence-corrected chi connectivity index (χ2v) is 7.47. The van der Waals surface area contributed by atoms with Crippen molar-refractivity contribution in [2.75, 3.05) is 19.6 Å². The molecule has 2 saturated heterocycles. The van der Waals surface area contributed by atoms with Gasteiger partial charge in [0.05, 0.1) is 17.6 Å². The molecule has 0 radical (unpaired) electrons. The zero-order valence-corrected chi connectivity index (χ0v) is 15.7. The smallest absolute Gasteiger partial charge is 0.407 e. The van der Waals surface area contributed by atoms with Gasteiger partial charge in [-0.25, -0.2) is 14.6 Å². The van der Waals surface area contributed by atoms with E-state index in [1.165, 1.54) is 0 Å². The van der Waals surface area contributed by atoms with Crippen LogP contribution in [0.3, 0.4) is 0 Å². The molecule has 2 aliphatic heterocycles. The number of aromatic nitrogens is 2.